The molecule has 2 aliphatic heterocycles. The Kier molecular flexibility index (Phi) is 3.11. The summed E-state index contributed by atoms with van der Waals surface area (Å²) in [5.41, 5.74) is 1.03. The van der Waals surface area contributed by atoms with Crippen LogP contribution in [0.1, 0.15) is 18.3 Å². The van der Waals surface area contributed by atoms with Crippen LogP contribution in [-0.4, -0.2) is 36.6 Å². The van der Waals surface area contributed by atoms with Crippen LogP contribution in [0.2, 0.25) is 0 Å². The van der Waals surface area contributed by atoms with Gasteiger partial charge in [0, 0.05) is 12.0 Å². The fourth-order valence-electron chi connectivity index (χ4n) is 2.33. The van der Waals surface area contributed by atoms with Crippen molar-refractivity contribution in [2.24, 2.45) is 0 Å². The van der Waals surface area contributed by atoms with Gasteiger partial charge in [-0.05, 0) is 0 Å². The highest BCUT2D eigenvalue weighted by atomic mass is 16.7. The van der Waals surface area contributed by atoms with Crippen LogP contribution in [0, 0.1) is 0 Å². The third-order valence-corrected chi connectivity index (χ3v) is 3.28. The summed E-state index contributed by atoms with van der Waals surface area (Å²) in [7, 11) is 0. The summed E-state index contributed by atoms with van der Waals surface area (Å²) in [5, 5.41) is 9.07. The quantitative estimate of drug-likeness (QED) is 0.839. The maximum absolute atomic E-state index is 9.07. The molecule has 17 heavy (non-hydrogen) atoms. The van der Waals surface area contributed by atoms with Crippen molar-refractivity contribution in [3.8, 4) is 0 Å². The van der Waals surface area contributed by atoms with E-state index in [1.54, 1.807) is 0 Å². The van der Waals surface area contributed by atoms with Crippen molar-refractivity contribution >= 4 is 0 Å². The monoisotopic (exact) mass is 236 g/mol. The summed E-state index contributed by atoms with van der Waals surface area (Å²) in [6.45, 7) is 0.543. The lowest BCUT2D eigenvalue weighted by Gasteiger charge is -2.28. The third-order valence-electron chi connectivity index (χ3n) is 3.28. The van der Waals surface area contributed by atoms with E-state index >= 15 is 0 Å². The molecule has 2 aliphatic rings. The van der Waals surface area contributed by atoms with Crippen LogP contribution in [0.15, 0.2) is 30.3 Å². The maximum Gasteiger partial charge on any atom is 0.184 e. The summed E-state index contributed by atoms with van der Waals surface area (Å²) >= 11 is 0. The summed E-state index contributed by atoms with van der Waals surface area (Å²) < 4.78 is 17.2. The van der Waals surface area contributed by atoms with Crippen molar-refractivity contribution < 1.29 is 19.3 Å². The molecule has 2 heterocycles. The first-order chi connectivity index (χ1) is 8.36. The van der Waals surface area contributed by atoms with Gasteiger partial charge in [0.1, 0.15) is 6.10 Å². The lowest BCUT2D eigenvalue weighted by atomic mass is 10.0. The van der Waals surface area contributed by atoms with E-state index in [9.17, 15) is 0 Å². The molecule has 4 nitrogen and oxygen atoms in total. The van der Waals surface area contributed by atoms with Gasteiger partial charge in [-0.1, -0.05) is 30.3 Å². The lowest BCUT2D eigenvalue weighted by Crippen LogP contribution is -2.40. The number of rotatable bonds is 2. The average molecular weight is 236 g/mol. The normalized spacial score (nSPS) is 36.8. The van der Waals surface area contributed by atoms with Crippen LogP contribution in [-0.2, 0) is 14.2 Å². The van der Waals surface area contributed by atoms with Gasteiger partial charge >= 0.3 is 0 Å². The summed E-state index contributed by atoms with van der Waals surface area (Å²) in [5.74, 6) is 0. The number of benzene rings is 1. The highest BCUT2D eigenvalue weighted by molar-refractivity contribution is 5.16. The van der Waals surface area contributed by atoms with E-state index in [0.29, 0.717) is 13.0 Å². The fraction of sp³-hybridized carbons (Fsp3) is 0.538. The van der Waals surface area contributed by atoms with Crippen molar-refractivity contribution in [2.75, 3.05) is 13.2 Å². The van der Waals surface area contributed by atoms with E-state index < -0.39 is 0 Å². The Labute approximate surface area is 100 Å². The molecule has 0 amide bonds. The second-order valence-electron chi connectivity index (χ2n) is 4.47. The summed E-state index contributed by atoms with van der Waals surface area (Å²) in [4.78, 5) is 0. The van der Waals surface area contributed by atoms with Gasteiger partial charge in [0.15, 0.2) is 6.29 Å². The van der Waals surface area contributed by atoms with Gasteiger partial charge in [-0.25, -0.2) is 0 Å². The number of fused-ring (bicyclic) bond motifs is 1. The zero-order chi connectivity index (χ0) is 11.7. The van der Waals surface area contributed by atoms with Gasteiger partial charge in [-0.2, -0.15) is 0 Å². The molecule has 1 unspecified atom stereocenters. The number of hydrogen-bond donors (Lipinski definition) is 1. The standard InChI is InChI=1S/C13H16O4/c14-7-10-6-11-12(8-15-10)17-13(16-11)9-4-2-1-3-5-9/h1-5,10-14H,6-8H2/t10-,11+,12-,13?/m1/s1. The van der Waals surface area contributed by atoms with E-state index in [1.807, 2.05) is 30.3 Å². The van der Waals surface area contributed by atoms with Gasteiger partial charge in [0.2, 0.25) is 0 Å². The van der Waals surface area contributed by atoms with Crippen molar-refractivity contribution in [1.29, 1.82) is 0 Å². The van der Waals surface area contributed by atoms with Gasteiger partial charge < -0.3 is 19.3 Å². The van der Waals surface area contributed by atoms with Gasteiger partial charge in [-0.3, -0.25) is 0 Å². The molecule has 2 fully saturated rings. The minimum atomic E-state index is -0.299. The zero-order valence-electron chi connectivity index (χ0n) is 9.49. The van der Waals surface area contributed by atoms with E-state index in [2.05, 4.69) is 0 Å². The molecular formula is C13H16O4. The molecule has 0 bridgehead atoms. The first-order valence-corrected chi connectivity index (χ1v) is 5.95. The van der Waals surface area contributed by atoms with Gasteiger partial charge in [0.25, 0.3) is 0 Å². The molecule has 0 aromatic heterocycles. The average Bonchev–Trinajstić information content (AvgIpc) is 2.82. The van der Waals surface area contributed by atoms with Crippen LogP contribution >= 0.6 is 0 Å². The first kappa shape index (κ1) is 11.2. The summed E-state index contributed by atoms with van der Waals surface area (Å²) in [6.07, 6.45) is 0.306. The Balaban J connectivity index is 1.69. The maximum atomic E-state index is 9.07. The fourth-order valence-corrected chi connectivity index (χ4v) is 2.33. The molecule has 92 valence electrons. The molecule has 2 saturated heterocycles. The van der Waals surface area contributed by atoms with Crippen LogP contribution in [0.3, 0.4) is 0 Å². The minimum Gasteiger partial charge on any atom is -0.394 e. The second-order valence-corrected chi connectivity index (χ2v) is 4.47. The molecular weight excluding hydrogens is 220 g/mol. The first-order valence-electron chi connectivity index (χ1n) is 5.95. The number of aliphatic hydroxyl groups excluding tert-OH is 1. The van der Waals surface area contributed by atoms with Crippen LogP contribution in [0.5, 0.6) is 0 Å². The largest absolute Gasteiger partial charge is 0.394 e. The highest BCUT2D eigenvalue weighted by Gasteiger charge is 2.41. The van der Waals surface area contributed by atoms with Crippen LogP contribution < -0.4 is 0 Å². The Morgan fingerprint density at radius 1 is 1.12 bits per heavy atom. The molecule has 3 rings (SSSR count). The molecule has 1 N–H and O–H groups in total. The topological polar surface area (TPSA) is 47.9 Å². The Hall–Kier alpha value is -0.940. The van der Waals surface area contributed by atoms with Crippen molar-refractivity contribution in [1.82, 2.24) is 0 Å². The summed E-state index contributed by atoms with van der Waals surface area (Å²) in [6, 6.07) is 9.89. The van der Waals surface area contributed by atoms with Gasteiger partial charge in [-0.15, -0.1) is 0 Å². The Morgan fingerprint density at radius 2 is 1.88 bits per heavy atom. The number of ether oxygens (including phenoxy) is 3. The van der Waals surface area contributed by atoms with Crippen LogP contribution in [0.25, 0.3) is 0 Å². The third kappa shape index (κ3) is 2.21. The minimum absolute atomic E-state index is 0.0111. The van der Waals surface area contributed by atoms with E-state index in [1.165, 1.54) is 0 Å². The smallest absolute Gasteiger partial charge is 0.184 e. The van der Waals surface area contributed by atoms with Crippen molar-refractivity contribution in [2.45, 2.75) is 31.0 Å². The molecule has 0 radical (unpaired) electrons. The Morgan fingerprint density at radius 3 is 2.65 bits per heavy atom. The molecule has 0 aliphatic carbocycles. The molecule has 0 saturated carbocycles. The molecule has 4 heteroatoms. The van der Waals surface area contributed by atoms with E-state index in [-0.39, 0.29) is 31.2 Å². The molecule has 1 aromatic rings. The second kappa shape index (κ2) is 4.74. The molecule has 4 atom stereocenters. The van der Waals surface area contributed by atoms with E-state index in [0.717, 1.165) is 5.56 Å². The Bertz CT molecular complexity index is 367. The number of aliphatic hydroxyl groups is 1. The van der Waals surface area contributed by atoms with Gasteiger partial charge in [0.05, 0.1) is 25.4 Å². The SMILES string of the molecule is OC[C@H]1C[C@@H]2OC(c3ccccc3)O[C@@H]2CO1. The lowest BCUT2D eigenvalue weighted by molar-refractivity contribution is -0.0898. The van der Waals surface area contributed by atoms with Crippen molar-refractivity contribution in [3.05, 3.63) is 35.9 Å². The van der Waals surface area contributed by atoms with Crippen LogP contribution in [0.4, 0.5) is 0 Å². The van der Waals surface area contributed by atoms with E-state index in [4.69, 9.17) is 19.3 Å². The predicted octanol–water partition coefficient (Wildman–Crippen LogP) is 1.25. The van der Waals surface area contributed by atoms with Crippen molar-refractivity contribution in [3.63, 3.8) is 0 Å². The molecule has 1 aromatic carbocycles. The number of hydrogen-bond acceptors (Lipinski definition) is 4. The zero-order valence-corrected chi connectivity index (χ0v) is 9.49. The highest BCUT2D eigenvalue weighted by Crippen LogP contribution is 2.35. The predicted molar refractivity (Wildman–Crippen MR) is 60.4 cm³/mol. The molecule has 0 spiro atoms.